The Bertz CT molecular complexity index is 3030. The summed E-state index contributed by atoms with van der Waals surface area (Å²) in [6.45, 7) is -0.562. The van der Waals surface area contributed by atoms with E-state index in [-0.39, 0.29) is 33.3 Å². The van der Waals surface area contributed by atoms with Crippen LogP contribution in [0.2, 0.25) is 15.1 Å². The van der Waals surface area contributed by atoms with Crippen LogP contribution in [-0.2, 0) is 38.6 Å². The second-order valence-corrected chi connectivity index (χ2v) is 19.3. The highest BCUT2D eigenvalue weighted by molar-refractivity contribution is 8.13. The SMILES string of the molecule is C.COCCl.COCN(c1cccc(F)n1)S(=O)(=O)c1cc(Cl)c(F)cc1F.Nc1cccc(F)n1.O=S(=O)(Cl)c1cc(Cl)c(F)cc1F.O=S(=O)(Nc1cccc(F)n1)c1cc(Cl)c(F)cc1F.[BH4-]. The van der Waals surface area contributed by atoms with Crippen LogP contribution in [0.5, 0.6) is 0 Å². The summed E-state index contributed by atoms with van der Waals surface area (Å²) in [6, 6.07) is 14.3. The van der Waals surface area contributed by atoms with Crippen molar-refractivity contribution in [1.29, 1.82) is 0 Å². The Morgan fingerprint density at radius 3 is 1.39 bits per heavy atom. The maximum atomic E-state index is 13.9. The lowest BCUT2D eigenvalue weighted by molar-refractivity contribution is 0.209. The van der Waals surface area contributed by atoms with Gasteiger partial charge in [0.25, 0.3) is 29.1 Å². The number of pyridine rings is 3. The zero-order valence-electron chi connectivity index (χ0n) is 33.7. The maximum Gasteiger partial charge on any atom is 0.270 e. The molecule has 386 valence electrons. The lowest BCUT2D eigenvalue weighted by Crippen LogP contribution is -2.34. The molecule has 0 fully saturated rings. The highest BCUT2D eigenvalue weighted by Crippen LogP contribution is 2.29. The molecule has 70 heavy (non-hydrogen) atoms. The lowest BCUT2D eigenvalue weighted by atomic mass is 10.3. The minimum Gasteiger partial charge on any atom is -0.384 e. The monoisotopic (exact) mass is 1160 g/mol. The Morgan fingerprint density at radius 1 is 0.586 bits per heavy atom. The molecule has 14 nitrogen and oxygen atoms in total. The number of rotatable bonds is 10. The molecule has 3 heterocycles. The number of benzene rings is 3. The average Bonchev–Trinajstić information content (AvgIpc) is 3.24. The molecule has 0 aliphatic heterocycles. The number of anilines is 3. The molecule has 0 bridgehead atoms. The molecule has 0 aliphatic rings. The molecular formula is C38H36BCl5F9N6O8S3-. The highest BCUT2D eigenvalue weighted by atomic mass is 35.7. The molecular weight excluding hydrogens is 1120 g/mol. The van der Waals surface area contributed by atoms with E-state index in [0.29, 0.717) is 46.8 Å². The smallest absolute Gasteiger partial charge is 0.270 e. The van der Waals surface area contributed by atoms with Crippen LogP contribution < -0.4 is 14.8 Å². The molecule has 0 saturated heterocycles. The number of halogens is 14. The summed E-state index contributed by atoms with van der Waals surface area (Å²) in [7, 11) is -5.60. The fraction of sp³-hybridized carbons (Fsp3) is 0.132. The second-order valence-electron chi connectivity index (χ2n) is 11.9. The average molecular weight is 1160 g/mol. The molecule has 3 aromatic carbocycles. The number of sulfonamides is 2. The standard InChI is InChI=1S/C13H10ClF3N2O3S.C11H6ClF3N2O2S.C6H2Cl2F2O2S.C5H5FN2.C2H5ClO.CH4.BH4/c1-22-7-19(13-4-2-3-12(17)18-13)23(20,21)11-5-8(14)9(15)6-10(11)16;12-6-4-9(8(14)5-7(6)13)20(18,19)17-11-3-1-2-10(15)16-11;7-3-1-6(13(8,11)12)5(10)2-4(3)9;6-4-2-1-3-5(7)8-4;1-4-2-3;;/h2-6H,7H2,1H3;1-5H,(H,16,17);1-2H;1-3H,(H2,7,8);2H2,1H3;2*1H4/q;;;;;;-1. The number of methoxy groups -OCH3 is 2. The van der Waals surface area contributed by atoms with Gasteiger partial charge in [0.1, 0.15) is 79.8 Å². The molecule has 0 saturated carbocycles. The first-order valence-electron chi connectivity index (χ1n) is 17.2. The first-order valence-corrected chi connectivity index (χ1v) is 24.1. The van der Waals surface area contributed by atoms with E-state index in [1.807, 2.05) is 4.72 Å². The van der Waals surface area contributed by atoms with Gasteiger partial charge in [-0.3, -0.25) is 4.72 Å². The Balaban J connectivity index is 0.000000920. The molecule has 6 rings (SSSR count). The fourth-order valence-electron chi connectivity index (χ4n) is 4.22. The van der Waals surface area contributed by atoms with E-state index in [0.717, 1.165) is 12.1 Å². The summed E-state index contributed by atoms with van der Waals surface area (Å²) in [5, 5.41) is -1.63. The Morgan fingerprint density at radius 2 is 0.986 bits per heavy atom. The van der Waals surface area contributed by atoms with E-state index in [4.69, 9.17) is 67.6 Å². The van der Waals surface area contributed by atoms with Crippen molar-refractivity contribution >= 4 is 112 Å². The van der Waals surface area contributed by atoms with E-state index < -0.39 is 118 Å². The van der Waals surface area contributed by atoms with Gasteiger partial charge in [-0.15, -0.1) is 0 Å². The minimum absolute atomic E-state index is 0. The molecule has 3 N–H and O–H groups in total. The number of hydrogen-bond acceptors (Lipinski definition) is 12. The number of nitrogens with two attached hydrogens (primary N) is 1. The quantitative estimate of drug-likeness (QED) is 0.0251. The molecule has 0 radical (unpaired) electrons. The number of nitrogens with zero attached hydrogens (tertiary/aromatic N) is 4. The van der Waals surface area contributed by atoms with Crippen LogP contribution in [0.4, 0.5) is 57.0 Å². The van der Waals surface area contributed by atoms with Gasteiger partial charge in [-0.25, -0.2) is 70.9 Å². The summed E-state index contributed by atoms with van der Waals surface area (Å²) in [5.74, 6) is -10.0. The van der Waals surface area contributed by atoms with Crippen molar-refractivity contribution in [2.24, 2.45) is 0 Å². The predicted molar refractivity (Wildman–Crippen MR) is 252 cm³/mol. The van der Waals surface area contributed by atoms with Crippen molar-refractivity contribution in [3.8, 4) is 0 Å². The van der Waals surface area contributed by atoms with E-state index >= 15 is 0 Å². The van der Waals surface area contributed by atoms with Crippen molar-refractivity contribution in [3.63, 3.8) is 0 Å². The van der Waals surface area contributed by atoms with E-state index in [1.165, 1.54) is 49.6 Å². The summed E-state index contributed by atoms with van der Waals surface area (Å²) >= 11 is 21.1. The molecule has 3 aromatic heterocycles. The van der Waals surface area contributed by atoms with E-state index in [9.17, 15) is 64.8 Å². The summed E-state index contributed by atoms with van der Waals surface area (Å²) in [5.41, 5.74) is 5.11. The first kappa shape index (κ1) is 65.2. The maximum absolute atomic E-state index is 13.9. The number of hydrogen-bond donors (Lipinski definition) is 2. The zero-order valence-corrected chi connectivity index (χ0v) is 40.0. The molecule has 0 atom stereocenters. The van der Waals surface area contributed by atoms with Crippen LogP contribution in [0.1, 0.15) is 7.43 Å². The van der Waals surface area contributed by atoms with Crippen LogP contribution in [0.15, 0.2) is 106 Å². The first-order chi connectivity index (χ1) is 31.6. The number of nitrogens with one attached hydrogen (secondary N) is 1. The molecule has 0 aliphatic carbocycles. The van der Waals surface area contributed by atoms with Gasteiger partial charge in [0, 0.05) is 43.1 Å². The largest absolute Gasteiger partial charge is 0.384 e. The van der Waals surface area contributed by atoms with Crippen molar-refractivity contribution < 1.29 is 74.2 Å². The van der Waals surface area contributed by atoms with Crippen molar-refractivity contribution in [3.05, 3.63) is 159 Å². The third kappa shape index (κ3) is 20.1. The number of alkyl halides is 1. The highest BCUT2D eigenvalue weighted by Gasteiger charge is 2.30. The van der Waals surface area contributed by atoms with Gasteiger partial charge >= 0.3 is 0 Å². The van der Waals surface area contributed by atoms with Gasteiger partial charge in [-0.2, -0.15) is 13.2 Å². The molecule has 32 heteroatoms. The fourth-order valence-corrected chi connectivity index (χ4v) is 8.30. The van der Waals surface area contributed by atoms with Crippen LogP contribution in [0.3, 0.4) is 0 Å². The summed E-state index contributed by atoms with van der Waals surface area (Å²) in [6.07, 6.45) is 0. The van der Waals surface area contributed by atoms with Crippen molar-refractivity contribution in [1.82, 2.24) is 15.0 Å². The van der Waals surface area contributed by atoms with Crippen LogP contribution >= 0.6 is 57.1 Å². The van der Waals surface area contributed by atoms with Gasteiger partial charge in [0.15, 0.2) is 0 Å². The number of ether oxygens (including phenoxy) is 2. The van der Waals surface area contributed by atoms with Gasteiger partial charge in [-0.1, -0.05) is 80.4 Å². The molecule has 0 spiro atoms. The van der Waals surface area contributed by atoms with Gasteiger partial charge in [-0.05, 0) is 54.6 Å². The second kappa shape index (κ2) is 29.5. The van der Waals surface area contributed by atoms with Gasteiger partial charge in [0.05, 0.1) is 15.1 Å². The van der Waals surface area contributed by atoms with Gasteiger partial charge < -0.3 is 15.2 Å². The van der Waals surface area contributed by atoms with Crippen molar-refractivity contribution in [2.75, 3.05) is 41.8 Å². The van der Waals surface area contributed by atoms with Crippen molar-refractivity contribution in [2.45, 2.75) is 22.1 Å². The molecule has 0 unspecified atom stereocenters. The topological polar surface area (TPSA) is 201 Å². The minimum atomic E-state index is -4.55. The summed E-state index contributed by atoms with van der Waals surface area (Å²) in [4.78, 5) is 7.39. The van der Waals surface area contributed by atoms with Crippen LogP contribution in [0, 0.1) is 52.7 Å². The zero-order chi connectivity index (χ0) is 51.7. The Labute approximate surface area is 421 Å². The van der Waals surface area contributed by atoms with E-state index in [1.54, 1.807) is 7.11 Å². The lowest BCUT2D eigenvalue weighted by Gasteiger charge is -2.22. The van der Waals surface area contributed by atoms with Crippen LogP contribution in [0.25, 0.3) is 0 Å². The number of aromatic nitrogens is 3. The third-order valence-electron chi connectivity index (χ3n) is 7.05. The molecule has 6 aromatic rings. The summed E-state index contributed by atoms with van der Waals surface area (Å²) < 4.78 is 199. The normalized spacial score (nSPS) is 10.7. The number of nitrogen functional groups attached to an aromatic ring is 1. The predicted octanol–water partition coefficient (Wildman–Crippen LogP) is 9.27. The molecule has 0 amide bonds. The van der Waals surface area contributed by atoms with E-state index in [2.05, 4.69) is 19.7 Å². The van der Waals surface area contributed by atoms with Gasteiger partial charge in [0.2, 0.25) is 17.8 Å². The van der Waals surface area contributed by atoms with Crippen LogP contribution in [-0.4, -0.2) is 75.6 Å². The Hall–Kier alpha value is -4.84. The Kier molecular flexibility index (Phi) is 27.5. The third-order valence-corrected chi connectivity index (χ3v) is 12.6.